The number of nitrogens with zero attached hydrogens (tertiary/aromatic N) is 4. The minimum Gasteiger partial charge on any atom is -0.423 e. The normalized spacial score (nSPS) is 12.9. The van der Waals surface area contributed by atoms with Crippen molar-refractivity contribution in [3.63, 3.8) is 0 Å². The maximum absolute atomic E-state index is 13.5. The topological polar surface area (TPSA) is 96.1 Å². The number of hydrogen-bond acceptors (Lipinski definition) is 6. The van der Waals surface area contributed by atoms with Crippen LogP contribution in [-0.4, -0.2) is 36.9 Å². The second-order valence-electron chi connectivity index (χ2n) is 7.34. The number of halogens is 1. The highest BCUT2D eigenvalue weighted by atomic mass is 19.1. The molecule has 0 atom stereocenters. The van der Waals surface area contributed by atoms with Crippen LogP contribution >= 0.6 is 0 Å². The molecule has 30 heavy (non-hydrogen) atoms. The summed E-state index contributed by atoms with van der Waals surface area (Å²) in [6, 6.07) is 11.7. The molecule has 4 aromatic rings. The molecule has 0 spiro atoms. The van der Waals surface area contributed by atoms with Crippen molar-refractivity contribution < 1.29 is 14.4 Å². The Bertz CT molecular complexity index is 1240. The Morgan fingerprint density at radius 3 is 2.80 bits per heavy atom. The molecule has 1 aliphatic rings. The summed E-state index contributed by atoms with van der Waals surface area (Å²) in [5.74, 6) is 0.864. The highest BCUT2D eigenvalue weighted by molar-refractivity contribution is 6.61. The Labute approximate surface area is 172 Å². The van der Waals surface area contributed by atoms with Gasteiger partial charge in [-0.1, -0.05) is 24.3 Å². The standard InChI is InChI=1S/C21H19BFN5O2/c23-14-5-1-4-13(10-14)11-24-20-15-6-2-8-18(15)26-21(27-20)28-19-9-3-7-17(22(29)30)16(19)12-25-28/h1,3-5,7,9-10,12,29-30H,2,6,8,11H2,(H,24,26,27). The average molecular weight is 403 g/mol. The molecule has 0 radical (unpaired) electrons. The molecular weight excluding hydrogens is 384 g/mol. The number of benzene rings is 2. The lowest BCUT2D eigenvalue weighted by atomic mass is 9.78. The summed E-state index contributed by atoms with van der Waals surface area (Å²) >= 11 is 0. The van der Waals surface area contributed by atoms with Gasteiger partial charge in [0.15, 0.2) is 0 Å². The summed E-state index contributed by atoms with van der Waals surface area (Å²) in [6.45, 7) is 0.446. The summed E-state index contributed by atoms with van der Waals surface area (Å²) in [6.07, 6.45) is 4.34. The molecule has 0 unspecified atom stereocenters. The molecule has 0 amide bonds. The molecule has 0 bridgehead atoms. The number of hydrogen-bond donors (Lipinski definition) is 3. The van der Waals surface area contributed by atoms with Crippen molar-refractivity contribution in [3.8, 4) is 5.95 Å². The molecular formula is C21H19BFN5O2. The smallest absolute Gasteiger partial charge is 0.423 e. The third-order valence-electron chi connectivity index (χ3n) is 5.39. The summed E-state index contributed by atoms with van der Waals surface area (Å²) in [7, 11) is -1.59. The lowest BCUT2D eigenvalue weighted by Crippen LogP contribution is -2.30. The summed E-state index contributed by atoms with van der Waals surface area (Å²) in [5, 5.41) is 27.6. The van der Waals surface area contributed by atoms with Gasteiger partial charge in [0, 0.05) is 17.5 Å². The van der Waals surface area contributed by atoms with Gasteiger partial charge in [0.2, 0.25) is 0 Å². The van der Waals surface area contributed by atoms with Gasteiger partial charge in [0.1, 0.15) is 11.6 Å². The van der Waals surface area contributed by atoms with Gasteiger partial charge in [-0.3, -0.25) is 0 Å². The van der Waals surface area contributed by atoms with E-state index in [0.29, 0.717) is 28.9 Å². The van der Waals surface area contributed by atoms with Gasteiger partial charge >= 0.3 is 7.12 Å². The summed E-state index contributed by atoms with van der Waals surface area (Å²) in [5.41, 5.74) is 3.95. The first-order valence-electron chi connectivity index (χ1n) is 9.81. The summed E-state index contributed by atoms with van der Waals surface area (Å²) < 4.78 is 15.1. The minimum atomic E-state index is -1.59. The van der Waals surface area contributed by atoms with Gasteiger partial charge in [0.05, 0.1) is 17.4 Å². The molecule has 150 valence electrons. The van der Waals surface area contributed by atoms with Crippen LogP contribution in [0.25, 0.3) is 16.9 Å². The van der Waals surface area contributed by atoms with Crippen LogP contribution in [0.15, 0.2) is 48.7 Å². The second-order valence-corrected chi connectivity index (χ2v) is 7.34. The molecule has 2 heterocycles. The third kappa shape index (κ3) is 3.32. The molecule has 1 aliphatic carbocycles. The van der Waals surface area contributed by atoms with Crippen LogP contribution in [0.3, 0.4) is 0 Å². The number of rotatable bonds is 5. The highest BCUT2D eigenvalue weighted by Gasteiger charge is 2.22. The first kappa shape index (κ1) is 18.7. The summed E-state index contributed by atoms with van der Waals surface area (Å²) in [4.78, 5) is 9.42. The SMILES string of the molecule is OB(O)c1cccc2c1cnn2-c1nc2c(c(NCc3cccc(F)c3)n1)CCC2. The van der Waals surface area contributed by atoms with E-state index in [9.17, 15) is 14.4 Å². The Hall–Kier alpha value is -3.30. The fraction of sp³-hybridized carbons (Fsp3) is 0.190. The van der Waals surface area contributed by atoms with Crippen molar-refractivity contribution in [2.75, 3.05) is 5.32 Å². The van der Waals surface area contributed by atoms with Crippen molar-refractivity contribution in [2.24, 2.45) is 0 Å². The number of aryl methyl sites for hydroxylation is 1. The zero-order valence-corrected chi connectivity index (χ0v) is 16.1. The van der Waals surface area contributed by atoms with Crippen molar-refractivity contribution in [1.82, 2.24) is 19.7 Å². The third-order valence-corrected chi connectivity index (χ3v) is 5.39. The number of fused-ring (bicyclic) bond motifs is 2. The average Bonchev–Trinajstić information content (AvgIpc) is 3.38. The van der Waals surface area contributed by atoms with Gasteiger partial charge in [-0.15, -0.1) is 0 Å². The van der Waals surface area contributed by atoms with Crippen molar-refractivity contribution in [1.29, 1.82) is 0 Å². The molecule has 0 saturated carbocycles. The lowest BCUT2D eigenvalue weighted by molar-refractivity contribution is 0.426. The van der Waals surface area contributed by atoms with Crippen molar-refractivity contribution in [2.45, 2.75) is 25.8 Å². The predicted molar refractivity (Wildman–Crippen MR) is 112 cm³/mol. The van der Waals surface area contributed by atoms with E-state index in [4.69, 9.17) is 9.97 Å². The van der Waals surface area contributed by atoms with E-state index in [0.717, 1.165) is 41.9 Å². The first-order valence-corrected chi connectivity index (χ1v) is 9.81. The van der Waals surface area contributed by atoms with E-state index < -0.39 is 7.12 Å². The van der Waals surface area contributed by atoms with E-state index in [2.05, 4.69) is 10.4 Å². The van der Waals surface area contributed by atoms with Crippen LogP contribution in [0, 0.1) is 5.82 Å². The van der Waals surface area contributed by atoms with Crippen LogP contribution < -0.4 is 10.8 Å². The number of nitrogens with one attached hydrogen (secondary N) is 1. The van der Waals surface area contributed by atoms with E-state index in [1.165, 1.54) is 12.1 Å². The Balaban J connectivity index is 1.55. The molecule has 9 heteroatoms. The fourth-order valence-corrected chi connectivity index (χ4v) is 3.95. The van der Waals surface area contributed by atoms with Gasteiger partial charge < -0.3 is 15.4 Å². The molecule has 2 aromatic carbocycles. The van der Waals surface area contributed by atoms with Gasteiger partial charge in [0.25, 0.3) is 5.95 Å². The van der Waals surface area contributed by atoms with E-state index >= 15 is 0 Å². The Kier molecular flexibility index (Phi) is 4.69. The van der Waals surface area contributed by atoms with Crippen LogP contribution in [0.4, 0.5) is 10.2 Å². The van der Waals surface area contributed by atoms with E-state index in [1.807, 2.05) is 12.1 Å². The van der Waals surface area contributed by atoms with Crippen molar-refractivity contribution >= 4 is 29.3 Å². The number of aromatic nitrogens is 4. The van der Waals surface area contributed by atoms with E-state index in [-0.39, 0.29) is 5.82 Å². The van der Waals surface area contributed by atoms with Gasteiger partial charge in [-0.05, 0) is 48.5 Å². The molecule has 3 N–H and O–H groups in total. The Morgan fingerprint density at radius 1 is 1.10 bits per heavy atom. The van der Waals surface area contributed by atoms with Crippen molar-refractivity contribution in [3.05, 3.63) is 71.3 Å². The molecule has 2 aromatic heterocycles. The van der Waals surface area contributed by atoms with Gasteiger partial charge in [-0.2, -0.15) is 14.8 Å². The molecule has 5 rings (SSSR count). The zero-order chi connectivity index (χ0) is 20.7. The highest BCUT2D eigenvalue weighted by Crippen LogP contribution is 2.28. The number of anilines is 1. The largest absolute Gasteiger partial charge is 0.489 e. The van der Waals surface area contributed by atoms with Crippen LogP contribution in [0.2, 0.25) is 0 Å². The quantitative estimate of drug-likeness (QED) is 0.440. The fourth-order valence-electron chi connectivity index (χ4n) is 3.95. The Morgan fingerprint density at radius 2 is 1.97 bits per heavy atom. The lowest BCUT2D eigenvalue weighted by Gasteiger charge is -2.13. The maximum atomic E-state index is 13.5. The predicted octanol–water partition coefficient (Wildman–Crippen LogP) is 1.74. The zero-order valence-electron chi connectivity index (χ0n) is 16.1. The van der Waals surface area contributed by atoms with Crippen LogP contribution in [-0.2, 0) is 19.4 Å². The van der Waals surface area contributed by atoms with Crippen LogP contribution in [0.5, 0.6) is 0 Å². The van der Waals surface area contributed by atoms with Crippen LogP contribution in [0.1, 0.15) is 23.2 Å². The first-order chi connectivity index (χ1) is 14.6. The molecule has 7 nitrogen and oxygen atoms in total. The monoisotopic (exact) mass is 403 g/mol. The molecule has 0 fully saturated rings. The molecule has 0 saturated heterocycles. The minimum absolute atomic E-state index is 0.271. The molecule has 0 aliphatic heterocycles. The maximum Gasteiger partial charge on any atom is 0.489 e. The second kappa shape index (κ2) is 7.51. The van der Waals surface area contributed by atoms with E-state index in [1.54, 1.807) is 29.1 Å². The van der Waals surface area contributed by atoms with Gasteiger partial charge in [-0.25, -0.2) is 9.37 Å².